The first-order valence-electron chi connectivity index (χ1n) is 9.21. The molecule has 3 amide bonds. The molecule has 0 spiro atoms. The molecule has 1 N–H and O–H groups in total. The number of imide groups is 1. The van der Waals surface area contributed by atoms with Crippen LogP contribution in [0.25, 0.3) is 10.9 Å². The molecule has 0 bridgehead atoms. The van der Waals surface area contributed by atoms with E-state index in [9.17, 15) is 22.8 Å². The number of amides is 3. The van der Waals surface area contributed by atoms with Gasteiger partial charge in [-0.1, -0.05) is 30.3 Å². The Bertz CT molecular complexity index is 1170. The Labute approximate surface area is 163 Å². The van der Waals surface area contributed by atoms with Gasteiger partial charge in [-0.3, -0.25) is 4.79 Å². The highest BCUT2D eigenvalue weighted by atomic mass is 19.4. The quantitative estimate of drug-likeness (QED) is 0.606. The summed E-state index contributed by atoms with van der Waals surface area (Å²) >= 11 is 0. The Morgan fingerprint density at radius 3 is 2.48 bits per heavy atom. The molecule has 3 aromatic rings. The Morgan fingerprint density at radius 2 is 1.72 bits per heavy atom. The van der Waals surface area contributed by atoms with Crippen LogP contribution < -0.4 is 4.90 Å². The summed E-state index contributed by atoms with van der Waals surface area (Å²) in [6.45, 7) is 1.78. The van der Waals surface area contributed by atoms with E-state index < -0.39 is 41.4 Å². The van der Waals surface area contributed by atoms with Gasteiger partial charge in [-0.25, -0.2) is 9.69 Å². The number of aromatic amines is 1. The van der Waals surface area contributed by atoms with E-state index in [1.165, 1.54) is 17.0 Å². The van der Waals surface area contributed by atoms with Crippen LogP contribution in [0.2, 0.25) is 0 Å². The Kier molecular flexibility index (Phi) is 3.59. The molecule has 2 atom stereocenters. The third kappa shape index (κ3) is 2.41. The number of rotatable bonds is 1. The van der Waals surface area contributed by atoms with E-state index in [1.54, 1.807) is 6.92 Å². The van der Waals surface area contributed by atoms with Gasteiger partial charge in [-0.15, -0.1) is 0 Å². The van der Waals surface area contributed by atoms with Crippen LogP contribution in [-0.2, 0) is 17.4 Å². The van der Waals surface area contributed by atoms with Crippen molar-refractivity contribution >= 4 is 28.5 Å². The second-order valence-electron chi connectivity index (χ2n) is 7.34. The van der Waals surface area contributed by atoms with Crippen molar-refractivity contribution in [3.63, 3.8) is 0 Å². The van der Waals surface area contributed by atoms with Crippen LogP contribution in [0.15, 0.2) is 48.5 Å². The molecule has 3 heterocycles. The number of halogens is 3. The molecule has 148 valence electrons. The monoisotopic (exact) mass is 399 g/mol. The van der Waals surface area contributed by atoms with Crippen molar-refractivity contribution in [2.24, 2.45) is 0 Å². The van der Waals surface area contributed by atoms with Gasteiger partial charge in [0.2, 0.25) is 0 Å². The molecule has 2 unspecified atom stereocenters. The van der Waals surface area contributed by atoms with Crippen LogP contribution in [0.3, 0.4) is 0 Å². The molecule has 1 saturated heterocycles. The first-order valence-corrected chi connectivity index (χ1v) is 9.21. The van der Waals surface area contributed by atoms with E-state index in [1.807, 2.05) is 24.3 Å². The molecule has 29 heavy (non-hydrogen) atoms. The molecular formula is C21H16F3N3O2. The lowest BCUT2D eigenvalue weighted by molar-refractivity contribution is -0.137. The minimum absolute atomic E-state index is 0.263. The second-order valence-corrected chi connectivity index (χ2v) is 7.34. The first kappa shape index (κ1) is 17.8. The molecule has 0 radical (unpaired) electrons. The van der Waals surface area contributed by atoms with Gasteiger partial charge in [0.05, 0.1) is 17.3 Å². The number of carbonyl (C=O) groups is 2. The van der Waals surface area contributed by atoms with Crippen LogP contribution in [0.5, 0.6) is 0 Å². The summed E-state index contributed by atoms with van der Waals surface area (Å²) in [6, 6.07) is 10.3. The number of hydrogen-bond acceptors (Lipinski definition) is 2. The number of nitrogens with one attached hydrogen (secondary N) is 1. The third-order valence-electron chi connectivity index (χ3n) is 5.78. The Balaban J connectivity index is 1.61. The predicted octanol–water partition coefficient (Wildman–Crippen LogP) is 4.64. The topological polar surface area (TPSA) is 56.4 Å². The van der Waals surface area contributed by atoms with Crippen LogP contribution in [-0.4, -0.2) is 27.9 Å². The maximum atomic E-state index is 13.5. The summed E-state index contributed by atoms with van der Waals surface area (Å²) in [5.41, 5.74) is 1.23. The van der Waals surface area contributed by atoms with Crippen LogP contribution in [0, 0.1) is 0 Å². The second kappa shape index (κ2) is 5.85. The molecule has 1 aromatic heterocycles. The van der Waals surface area contributed by atoms with Gasteiger partial charge in [-0.2, -0.15) is 13.2 Å². The number of carbonyl (C=O) groups excluding carboxylic acids is 2. The van der Waals surface area contributed by atoms with Gasteiger partial charge >= 0.3 is 12.2 Å². The van der Waals surface area contributed by atoms with Crippen LogP contribution in [0.4, 0.5) is 23.7 Å². The molecule has 5 rings (SSSR count). The lowest BCUT2D eigenvalue weighted by Crippen LogP contribution is -2.42. The van der Waals surface area contributed by atoms with E-state index in [0.717, 1.165) is 34.3 Å². The van der Waals surface area contributed by atoms with Gasteiger partial charge in [0, 0.05) is 23.0 Å². The summed E-state index contributed by atoms with van der Waals surface area (Å²) in [5, 5.41) is 0.961. The van der Waals surface area contributed by atoms with Crippen molar-refractivity contribution in [1.29, 1.82) is 0 Å². The summed E-state index contributed by atoms with van der Waals surface area (Å²) in [5.74, 6) is -0.630. The highest BCUT2D eigenvalue weighted by molar-refractivity contribution is 6.22. The summed E-state index contributed by atoms with van der Waals surface area (Å²) in [4.78, 5) is 31.6. The van der Waals surface area contributed by atoms with Crippen molar-refractivity contribution < 1.29 is 22.8 Å². The van der Waals surface area contributed by atoms with Crippen molar-refractivity contribution in [1.82, 2.24) is 9.88 Å². The number of hydrogen-bond donors (Lipinski definition) is 1. The van der Waals surface area contributed by atoms with Gasteiger partial charge in [0.15, 0.2) is 0 Å². The molecule has 5 nitrogen and oxygen atoms in total. The largest absolute Gasteiger partial charge is 0.418 e. The van der Waals surface area contributed by atoms with Crippen molar-refractivity contribution in [3.8, 4) is 0 Å². The number of urea groups is 1. The lowest BCUT2D eigenvalue weighted by atomic mass is 9.93. The number of fused-ring (bicyclic) bond motifs is 4. The fourth-order valence-electron chi connectivity index (χ4n) is 4.49. The number of benzene rings is 2. The van der Waals surface area contributed by atoms with E-state index in [0.29, 0.717) is 4.90 Å². The van der Waals surface area contributed by atoms with Crippen LogP contribution in [0.1, 0.15) is 29.8 Å². The fraction of sp³-hybridized carbons (Fsp3) is 0.238. The van der Waals surface area contributed by atoms with Gasteiger partial charge < -0.3 is 9.88 Å². The highest BCUT2D eigenvalue weighted by Crippen LogP contribution is 2.44. The molecule has 8 heteroatoms. The Hall–Kier alpha value is -3.29. The van der Waals surface area contributed by atoms with Gasteiger partial charge in [0.25, 0.3) is 5.91 Å². The van der Waals surface area contributed by atoms with Crippen LogP contribution >= 0.6 is 0 Å². The normalized spacial score (nSPS) is 21.7. The van der Waals surface area contributed by atoms with Gasteiger partial charge in [-0.05, 0) is 30.7 Å². The summed E-state index contributed by atoms with van der Waals surface area (Å²) in [6.07, 6.45) is -4.41. The molecular weight excluding hydrogens is 383 g/mol. The SMILES string of the molecule is CC1c2[nH]c3ccccc3c2CC2C(=O)N(c3ccccc3C(F)(F)F)C(=O)N21. The third-order valence-corrected chi connectivity index (χ3v) is 5.78. The summed E-state index contributed by atoms with van der Waals surface area (Å²) < 4.78 is 40.4. The zero-order chi connectivity index (χ0) is 20.5. The average molecular weight is 399 g/mol. The number of alkyl halides is 3. The average Bonchev–Trinajstić information content (AvgIpc) is 3.18. The standard InChI is InChI=1S/C21H16F3N3O2/c1-11-18-13(12-6-2-4-8-15(12)25-18)10-17-19(28)27(20(29)26(11)17)16-9-5-3-7-14(16)21(22,23)24/h2-9,11,17,25H,10H2,1H3. The van der Waals surface area contributed by atoms with E-state index in [2.05, 4.69) is 4.98 Å². The smallest absolute Gasteiger partial charge is 0.356 e. The van der Waals surface area contributed by atoms with Crippen molar-refractivity contribution in [2.75, 3.05) is 4.90 Å². The molecule has 2 aliphatic heterocycles. The fourth-order valence-corrected chi connectivity index (χ4v) is 4.49. The van der Waals surface area contributed by atoms with Gasteiger partial charge in [0.1, 0.15) is 6.04 Å². The number of para-hydroxylation sites is 2. The maximum absolute atomic E-state index is 13.5. The van der Waals surface area contributed by atoms with Crippen molar-refractivity contribution in [3.05, 3.63) is 65.4 Å². The number of anilines is 1. The minimum atomic E-state index is -4.67. The minimum Gasteiger partial charge on any atom is -0.356 e. The number of H-pyrrole nitrogens is 1. The molecule has 0 aliphatic carbocycles. The van der Waals surface area contributed by atoms with E-state index in [4.69, 9.17) is 0 Å². The zero-order valence-corrected chi connectivity index (χ0v) is 15.3. The lowest BCUT2D eigenvalue weighted by Gasteiger charge is -2.33. The Morgan fingerprint density at radius 1 is 1.03 bits per heavy atom. The number of aromatic nitrogens is 1. The summed E-state index contributed by atoms with van der Waals surface area (Å²) in [7, 11) is 0. The number of nitrogens with zero attached hydrogens (tertiary/aromatic N) is 2. The van der Waals surface area contributed by atoms with E-state index in [-0.39, 0.29) is 6.42 Å². The maximum Gasteiger partial charge on any atom is 0.418 e. The molecule has 0 saturated carbocycles. The molecule has 2 aliphatic rings. The highest BCUT2D eigenvalue weighted by Gasteiger charge is 2.52. The zero-order valence-electron chi connectivity index (χ0n) is 15.3. The first-order chi connectivity index (χ1) is 13.8. The predicted molar refractivity (Wildman–Crippen MR) is 100 cm³/mol. The molecule has 1 fully saturated rings. The van der Waals surface area contributed by atoms with Crippen molar-refractivity contribution in [2.45, 2.75) is 31.6 Å². The van der Waals surface area contributed by atoms with E-state index >= 15 is 0 Å². The molecule has 2 aromatic carbocycles.